The summed E-state index contributed by atoms with van der Waals surface area (Å²) < 4.78 is 44.0. The first-order valence-electron chi connectivity index (χ1n) is 11.2. The Bertz CT molecular complexity index is 1430. The van der Waals surface area contributed by atoms with Gasteiger partial charge in [0.25, 0.3) is 11.8 Å². The number of nitrogens with zero attached hydrogens (tertiary/aromatic N) is 4. The molecule has 4 N–H and O–H groups in total. The molecule has 0 bridgehead atoms. The average molecular weight is 511 g/mol. The van der Waals surface area contributed by atoms with Crippen LogP contribution in [-0.4, -0.2) is 44.3 Å². The van der Waals surface area contributed by atoms with Gasteiger partial charge in [-0.05, 0) is 35.7 Å². The van der Waals surface area contributed by atoms with Crippen LogP contribution in [0.1, 0.15) is 33.4 Å². The van der Waals surface area contributed by atoms with Crippen LogP contribution in [-0.2, 0) is 12.6 Å². The number of amides is 1. The summed E-state index contributed by atoms with van der Waals surface area (Å²) in [6.45, 7) is 0.196. The van der Waals surface area contributed by atoms with Crippen LogP contribution < -0.4 is 16.0 Å². The van der Waals surface area contributed by atoms with Crippen molar-refractivity contribution in [1.29, 1.82) is 0 Å². The van der Waals surface area contributed by atoms with Crippen LogP contribution >= 0.6 is 0 Å². The molecule has 0 saturated heterocycles. The molecule has 3 heterocycles. The number of hydrogen-bond acceptors (Lipinski definition) is 9. The maximum Gasteiger partial charge on any atom is 0.470 e. The topological polar surface area (TPSA) is 138 Å². The zero-order chi connectivity index (χ0) is 26.0. The van der Waals surface area contributed by atoms with E-state index >= 15 is 0 Å². The number of carbonyl (C=O) groups is 1. The van der Waals surface area contributed by atoms with Crippen molar-refractivity contribution >= 4 is 23.4 Å². The van der Waals surface area contributed by atoms with E-state index in [-0.39, 0.29) is 29.8 Å². The summed E-state index contributed by atoms with van der Waals surface area (Å²) in [6.07, 6.45) is -2.91. The van der Waals surface area contributed by atoms with Crippen molar-refractivity contribution in [1.82, 2.24) is 25.5 Å². The zero-order valence-electron chi connectivity index (χ0n) is 19.1. The molecule has 0 spiro atoms. The second-order valence-electron chi connectivity index (χ2n) is 8.16. The van der Waals surface area contributed by atoms with E-state index in [9.17, 15) is 23.1 Å². The van der Waals surface area contributed by atoms with Crippen molar-refractivity contribution in [3.05, 3.63) is 77.3 Å². The number of rotatable bonds is 7. The van der Waals surface area contributed by atoms with Gasteiger partial charge in [0.1, 0.15) is 5.82 Å². The lowest BCUT2D eigenvalue weighted by atomic mass is 10.00. The number of anilines is 3. The molecule has 1 amide bonds. The lowest BCUT2D eigenvalue weighted by Gasteiger charge is -2.20. The third-order valence-electron chi connectivity index (χ3n) is 5.67. The first-order chi connectivity index (χ1) is 17.8. The molecule has 5 rings (SSSR count). The van der Waals surface area contributed by atoms with Crippen LogP contribution in [0.5, 0.6) is 0 Å². The summed E-state index contributed by atoms with van der Waals surface area (Å²) in [4.78, 5) is 20.6. The number of halogens is 3. The van der Waals surface area contributed by atoms with Crippen molar-refractivity contribution in [2.75, 3.05) is 23.8 Å². The Morgan fingerprint density at radius 3 is 2.65 bits per heavy atom. The van der Waals surface area contributed by atoms with Crippen molar-refractivity contribution in [2.45, 2.75) is 18.6 Å². The summed E-state index contributed by atoms with van der Waals surface area (Å²) in [5, 5.41) is 25.5. The van der Waals surface area contributed by atoms with Crippen molar-refractivity contribution in [2.24, 2.45) is 0 Å². The van der Waals surface area contributed by atoms with E-state index in [1.165, 1.54) is 6.20 Å². The summed E-state index contributed by atoms with van der Waals surface area (Å²) in [5.41, 5.74) is 2.80. The number of benzene rings is 2. The molecule has 190 valence electrons. The Labute approximate surface area is 208 Å². The fourth-order valence-corrected chi connectivity index (χ4v) is 3.87. The van der Waals surface area contributed by atoms with Crippen LogP contribution in [0.25, 0.3) is 11.5 Å². The second-order valence-corrected chi connectivity index (χ2v) is 8.16. The molecule has 0 saturated carbocycles. The molecule has 0 radical (unpaired) electrons. The predicted molar refractivity (Wildman–Crippen MR) is 126 cm³/mol. The molecule has 1 aliphatic rings. The van der Waals surface area contributed by atoms with E-state index in [0.717, 1.165) is 11.1 Å². The third kappa shape index (κ3) is 5.21. The Balaban J connectivity index is 1.50. The number of carbonyl (C=O) groups excluding carboxylic acids is 1. The molecule has 10 nitrogen and oxygen atoms in total. The number of alkyl halides is 3. The zero-order valence-corrected chi connectivity index (χ0v) is 19.1. The van der Waals surface area contributed by atoms with Gasteiger partial charge in [-0.15, -0.1) is 10.2 Å². The maximum atomic E-state index is 13.0. The Kier molecular flexibility index (Phi) is 6.44. The number of nitrogens with one attached hydrogen (secondary N) is 3. The van der Waals surface area contributed by atoms with Gasteiger partial charge in [0, 0.05) is 24.0 Å². The minimum Gasteiger partial charge on any atom is -0.412 e. The first kappa shape index (κ1) is 24.2. The maximum absolute atomic E-state index is 13.0. The van der Waals surface area contributed by atoms with Crippen LogP contribution in [0.4, 0.5) is 30.6 Å². The van der Waals surface area contributed by atoms with Gasteiger partial charge < -0.3 is 25.5 Å². The molecule has 2 aromatic carbocycles. The van der Waals surface area contributed by atoms with Gasteiger partial charge in [0.05, 0.1) is 18.2 Å². The molecular formula is C24H20F3N7O3. The summed E-state index contributed by atoms with van der Waals surface area (Å²) >= 11 is 0. The van der Waals surface area contributed by atoms with Crippen LogP contribution in [0, 0.1) is 0 Å². The summed E-state index contributed by atoms with van der Waals surface area (Å²) in [5.74, 6) is -1.91. The van der Waals surface area contributed by atoms with Gasteiger partial charge in [-0.3, -0.25) is 4.79 Å². The van der Waals surface area contributed by atoms with Gasteiger partial charge in [-0.2, -0.15) is 18.2 Å². The average Bonchev–Trinajstić information content (AvgIpc) is 3.39. The van der Waals surface area contributed by atoms with E-state index in [0.29, 0.717) is 24.2 Å². The van der Waals surface area contributed by atoms with Crippen molar-refractivity contribution in [3.63, 3.8) is 0 Å². The highest BCUT2D eigenvalue weighted by molar-refractivity contribution is 5.97. The van der Waals surface area contributed by atoms with E-state index in [4.69, 9.17) is 4.42 Å². The highest BCUT2D eigenvalue weighted by Crippen LogP contribution is 2.34. The number of aliphatic hydroxyl groups excluding tert-OH is 1. The largest absolute Gasteiger partial charge is 0.470 e. The molecule has 13 heteroatoms. The van der Waals surface area contributed by atoms with Crippen molar-refractivity contribution < 1.29 is 27.5 Å². The predicted octanol–water partition coefficient (Wildman–Crippen LogP) is 3.72. The van der Waals surface area contributed by atoms with Crippen LogP contribution in [0.15, 0.2) is 59.1 Å². The van der Waals surface area contributed by atoms with Gasteiger partial charge in [-0.25, -0.2) is 4.98 Å². The van der Waals surface area contributed by atoms with E-state index in [1.807, 2.05) is 12.1 Å². The number of aliphatic hydroxyl groups is 1. The third-order valence-corrected chi connectivity index (χ3v) is 5.67. The minimum atomic E-state index is -4.82. The standard InChI is InChI=1S/C24H20F3N7O3/c25-24(26,27)22-34-33-21(37-22)17-11-29-23(30-15-6-7-16-14(10-15)8-9-28-20(16)36)32-19(17)31-18(12-35)13-4-2-1-3-5-13/h1-7,10-11,18,35H,8-9,12H2,(H,28,36)(H2,29,30,31,32)/t18-/m1/s1. The lowest BCUT2D eigenvalue weighted by Crippen LogP contribution is -2.31. The smallest absolute Gasteiger partial charge is 0.412 e. The Hall–Kier alpha value is -4.52. The quantitative estimate of drug-likeness (QED) is 0.292. The van der Waals surface area contributed by atoms with Crippen LogP contribution in [0.3, 0.4) is 0 Å². The number of hydrogen-bond donors (Lipinski definition) is 4. The lowest BCUT2D eigenvalue weighted by molar-refractivity contribution is -0.156. The number of aromatic nitrogens is 4. The number of fused-ring (bicyclic) bond motifs is 1. The molecule has 2 aromatic heterocycles. The van der Waals surface area contributed by atoms with Gasteiger partial charge in [0.2, 0.25) is 5.95 Å². The SMILES string of the molecule is O=C1NCCc2cc(Nc3ncc(-c4nnc(C(F)(F)F)o4)c(N[C@H](CO)c4ccccc4)n3)ccc21. The van der Waals surface area contributed by atoms with Gasteiger partial charge in [-0.1, -0.05) is 30.3 Å². The highest BCUT2D eigenvalue weighted by Gasteiger charge is 2.38. The molecule has 1 atom stereocenters. The molecule has 37 heavy (non-hydrogen) atoms. The van der Waals surface area contributed by atoms with Crippen LogP contribution in [0.2, 0.25) is 0 Å². The Morgan fingerprint density at radius 2 is 1.92 bits per heavy atom. The Morgan fingerprint density at radius 1 is 1.11 bits per heavy atom. The monoisotopic (exact) mass is 511 g/mol. The van der Waals surface area contributed by atoms with Gasteiger partial charge >= 0.3 is 12.1 Å². The minimum absolute atomic E-state index is 0.0186. The van der Waals surface area contributed by atoms with Crippen molar-refractivity contribution in [3.8, 4) is 11.5 Å². The summed E-state index contributed by atoms with van der Waals surface area (Å²) in [6, 6.07) is 13.5. The molecule has 0 unspecified atom stereocenters. The molecule has 4 aromatic rings. The van der Waals surface area contributed by atoms with Gasteiger partial charge in [0.15, 0.2) is 0 Å². The molecule has 1 aliphatic heterocycles. The fourth-order valence-electron chi connectivity index (χ4n) is 3.87. The second kappa shape index (κ2) is 9.85. The highest BCUT2D eigenvalue weighted by atomic mass is 19.4. The fraction of sp³-hybridized carbons (Fsp3) is 0.208. The van der Waals surface area contributed by atoms with E-state index in [2.05, 4.69) is 36.1 Å². The normalized spacial score (nSPS) is 14.0. The summed E-state index contributed by atoms with van der Waals surface area (Å²) in [7, 11) is 0. The molecular weight excluding hydrogens is 491 g/mol. The molecule has 0 aliphatic carbocycles. The van der Waals surface area contributed by atoms with E-state index in [1.54, 1.807) is 36.4 Å². The molecule has 0 fully saturated rings. The first-order valence-corrected chi connectivity index (χ1v) is 11.2. The van der Waals surface area contributed by atoms with E-state index < -0.39 is 24.0 Å².